The number of nitrogens with zero attached hydrogens (tertiary/aromatic N) is 5. The van der Waals surface area contributed by atoms with Gasteiger partial charge < -0.3 is 14.2 Å². The zero-order valence-electron chi connectivity index (χ0n) is 15.2. The van der Waals surface area contributed by atoms with Gasteiger partial charge in [-0.05, 0) is 32.2 Å². The average molecular weight is 381 g/mol. The number of aryl methyl sites for hydroxylation is 1. The lowest BCUT2D eigenvalue weighted by Gasteiger charge is -2.34. The molecule has 8 heteroatoms. The minimum atomic E-state index is -0.370. The Morgan fingerprint density at radius 1 is 1.15 bits per heavy atom. The monoisotopic (exact) mass is 381 g/mol. The first-order valence-electron chi connectivity index (χ1n) is 8.91. The van der Waals surface area contributed by atoms with Crippen molar-refractivity contribution in [3.63, 3.8) is 0 Å². The molecule has 0 atom stereocenters. The van der Waals surface area contributed by atoms with Crippen molar-refractivity contribution in [2.45, 2.75) is 6.92 Å². The topological polar surface area (TPSA) is 66.9 Å². The second-order valence-corrected chi connectivity index (χ2v) is 8.08. The van der Waals surface area contributed by atoms with Crippen molar-refractivity contribution < 1.29 is 4.42 Å². The van der Waals surface area contributed by atoms with Crippen LogP contribution in [0.2, 0.25) is 0 Å². The molecule has 5 rings (SSSR count). The molecule has 7 nitrogen and oxygen atoms in total. The standard InChI is InChI=1S/C19H19N5O2S/c1-12-21-24-16(11-20-19(24)27-12)15-9-13-3-4-14(10-17(13)26-18(15)25)23-7-5-22(2)6-8-23/h3-4,9-11H,5-8H2,1-2H3. The Morgan fingerprint density at radius 3 is 2.78 bits per heavy atom. The summed E-state index contributed by atoms with van der Waals surface area (Å²) in [6.45, 7) is 5.94. The van der Waals surface area contributed by atoms with E-state index in [2.05, 4.69) is 33.0 Å². The van der Waals surface area contributed by atoms with Gasteiger partial charge in [0.1, 0.15) is 16.3 Å². The van der Waals surface area contributed by atoms with Crippen molar-refractivity contribution in [1.82, 2.24) is 19.5 Å². The number of piperazine rings is 1. The highest BCUT2D eigenvalue weighted by molar-refractivity contribution is 7.16. The number of benzene rings is 1. The Bertz CT molecular complexity index is 1200. The van der Waals surface area contributed by atoms with Crippen LogP contribution in [-0.2, 0) is 0 Å². The molecular weight excluding hydrogens is 362 g/mol. The molecule has 1 aromatic carbocycles. The summed E-state index contributed by atoms with van der Waals surface area (Å²) in [5, 5.41) is 6.23. The van der Waals surface area contributed by atoms with Crippen LogP contribution in [0.4, 0.5) is 5.69 Å². The predicted octanol–water partition coefficient (Wildman–Crippen LogP) is 2.62. The van der Waals surface area contributed by atoms with Gasteiger partial charge in [-0.15, -0.1) is 0 Å². The van der Waals surface area contributed by atoms with Crippen LogP contribution in [0.15, 0.2) is 39.7 Å². The second kappa shape index (κ2) is 6.17. The number of hydrogen-bond donors (Lipinski definition) is 0. The number of anilines is 1. The fourth-order valence-corrected chi connectivity index (χ4v) is 4.23. The van der Waals surface area contributed by atoms with Crippen molar-refractivity contribution in [2.75, 3.05) is 38.1 Å². The quantitative estimate of drug-likeness (QED) is 0.497. The molecule has 1 saturated heterocycles. The molecule has 0 N–H and O–H groups in total. The van der Waals surface area contributed by atoms with E-state index >= 15 is 0 Å². The van der Waals surface area contributed by atoms with Crippen LogP contribution in [0, 0.1) is 6.92 Å². The van der Waals surface area contributed by atoms with E-state index in [9.17, 15) is 4.79 Å². The van der Waals surface area contributed by atoms with Crippen molar-refractivity contribution in [3.8, 4) is 11.3 Å². The Hall–Kier alpha value is -2.71. The van der Waals surface area contributed by atoms with Gasteiger partial charge in [0, 0.05) is 43.3 Å². The maximum absolute atomic E-state index is 12.7. The minimum absolute atomic E-state index is 0.370. The highest BCUT2D eigenvalue weighted by Gasteiger charge is 2.17. The summed E-state index contributed by atoms with van der Waals surface area (Å²) in [4.78, 5) is 22.4. The number of fused-ring (bicyclic) bond motifs is 2. The van der Waals surface area contributed by atoms with Crippen molar-refractivity contribution >= 4 is 33.0 Å². The summed E-state index contributed by atoms with van der Waals surface area (Å²) in [6, 6.07) is 7.94. The van der Waals surface area contributed by atoms with Crippen LogP contribution < -0.4 is 10.5 Å². The maximum Gasteiger partial charge on any atom is 0.345 e. The third kappa shape index (κ3) is 2.81. The van der Waals surface area contributed by atoms with Gasteiger partial charge in [-0.3, -0.25) is 0 Å². The molecule has 0 bridgehead atoms. The summed E-state index contributed by atoms with van der Waals surface area (Å²) in [5.74, 6) is 0. The smallest absolute Gasteiger partial charge is 0.345 e. The fraction of sp³-hybridized carbons (Fsp3) is 0.316. The van der Waals surface area contributed by atoms with Crippen LogP contribution in [-0.4, -0.2) is 52.7 Å². The third-order valence-electron chi connectivity index (χ3n) is 5.05. The summed E-state index contributed by atoms with van der Waals surface area (Å²) in [5.41, 5.74) is 2.47. The Kier molecular flexibility index (Phi) is 3.76. The second-order valence-electron chi connectivity index (χ2n) is 6.92. The average Bonchev–Trinajstić information content (AvgIpc) is 3.20. The molecule has 1 fully saturated rings. The van der Waals surface area contributed by atoms with Crippen molar-refractivity contribution in [1.29, 1.82) is 0 Å². The third-order valence-corrected chi connectivity index (χ3v) is 5.89. The summed E-state index contributed by atoms with van der Waals surface area (Å²) >= 11 is 1.49. The Morgan fingerprint density at radius 2 is 1.96 bits per heavy atom. The van der Waals surface area contributed by atoms with E-state index in [1.165, 1.54) is 11.3 Å². The number of rotatable bonds is 2. The molecule has 4 aromatic rings. The van der Waals surface area contributed by atoms with E-state index in [-0.39, 0.29) is 5.63 Å². The lowest BCUT2D eigenvalue weighted by Crippen LogP contribution is -2.44. The minimum Gasteiger partial charge on any atom is -0.422 e. The van der Waals surface area contributed by atoms with Gasteiger partial charge in [0.15, 0.2) is 0 Å². The van der Waals surface area contributed by atoms with Gasteiger partial charge in [-0.1, -0.05) is 11.3 Å². The van der Waals surface area contributed by atoms with Gasteiger partial charge in [0.2, 0.25) is 4.96 Å². The highest BCUT2D eigenvalue weighted by atomic mass is 32.1. The molecule has 27 heavy (non-hydrogen) atoms. The Labute approximate surface area is 159 Å². The largest absolute Gasteiger partial charge is 0.422 e. The summed E-state index contributed by atoms with van der Waals surface area (Å²) < 4.78 is 7.37. The molecule has 3 aromatic heterocycles. The first-order chi connectivity index (χ1) is 13.1. The lowest BCUT2D eigenvalue weighted by molar-refractivity contribution is 0.313. The molecular formula is C19H19N5O2S. The molecule has 0 amide bonds. The maximum atomic E-state index is 12.7. The van der Waals surface area contributed by atoms with Gasteiger partial charge in [0.05, 0.1) is 11.8 Å². The van der Waals surface area contributed by atoms with E-state index < -0.39 is 0 Å². The predicted molar refractivity (Wildman–Crippen MR) is 107 cm³/mol. The molecule has 4 heterocycles. The van der Waals surface area contributed by atoms with E-state index in [1.807, 2.05) is 25.1 Å². The number of hydrogen-bond acceptors (Lipinski definition) is 7. The first kappa shape index (κ1) is 16.5. The van der Waals surface area contributed by atoms with Crippen LogP contribution >= 0.6 is 11.3 Å². The number of imidazole rings is 1. The van der Waals surface area contributed by atoms with E-state index in [0.29, 0.717) is 16.8 Å². The van der Waals surface area contributed by atoms with Crippen LogP contribution in [0.25, 0.3) is 27.2 Å². The normalized spacial score (nSPS) is 15.9. The van der Waals surface area contributed by atoms with E-state index in [4.69, 9.17) is 4.42 Å². The molecule has 0 aliphatic carbocycles. The van der Waals surface area contributed by atoms with Gasteiger partial charge in [0.25, 0.3) is 0 Å². The summed E-state index contributed by atoms with van der Waals surface area (Å²) in [6.07, 6.45) is 1.68. The lowest BCUT2D eigenvalue weighted by atomic mass is 10.1. The SMILES string of the molecule is Cc1nn2c(-c3cc4ccc(N5CCN(C)CC5)cc4oc3=O)cnc2s1. The van der Waals surface area contributed by atoms with Crippen molar-refractivity contribution in [3.05, 3.63) is 45.9 Å². The molecule has 0 spiro atoms. The molecule has 0 saturated carbocycles. The zero-order chi connectivity index (χ0) is 18.5. The van der Waals surface area contributed by atoms with Gasteiger partial charge >= 0.3 is 5.63 Å². The highest BCUT2D eigenvalue weighted by Crippen LogP contribution is 2.27. The molecule has 0 radical (unpaired) electrons. The van der Waals surface area contributed by atoms with Crippen molar-refractivity contribution in [2.24, 2.45) is 0 Å². The van der Waals surface area contributed by atoms with Crippen LogP contribution in [0.3, 0.4) is 0 Å². The van der Waals surface area contributed by atoms with Crippen LogP contribution in [0.5, 0.6) is 0 Å². The first-order valence-corrected chi connectivity index (χ1v) is 9.73. The zero-order valence-corrected chi connectivity index (χ0v) is 16.0. The van der Waals surface area contributed by atoms with E-state index in [1.54, 1.807) is 10.7 Å². The molecule has 1 aliphatic heterocycles. The number of aromatic nitrogens is 3. The molecule has 1 aliphatic rings. The van der Waals surface area contributed by atoms with Crippen LogP contribution in [0.1, 0.15) is 5.01 Å². The molecule has 0 unspecified atom stereocenters. The number of likely N-dealkylation sites (N-methyl/N-ethyl adjacent to an activating group) is 1. The Balaban J connectivity index is 1.57. The fourth-order valence-electron chi connectivity index (χ4n) is 3.51. The van der Waals surface area contributed by atoms with Gasteiger partial charge in [-0.2, -0.15) is 5.10 Å². The van der Waals surface area contributed by atoms with Gasteiger partial charge in [-0.25, -0.2) is 14.3 Å². The molecule has 138 valence electrons. The van der Waals surface area contributed by atoms with E-state index in [0.717, 1.165) is 47.2 Å². The summed E-state index contributed by atoms with van der Waals surface area (Å²) in [7, 11) is 2.13.